The molecule has 0 radical (unpaired) electrons. The molecule has 7 heteroatoms. The molecule has 3 heterocycles. The summed E-state index contributed by atoms with van der Waals surface area (Å²) >= 11 is 0. The normalized spacial score (nSPS) is 20.6. The van der Waals surface area contributed by atoms with Gasteiger partial charge in [0.1, 0.15) is 0 Å². The fourth-order valence-electron chi connectivity index (χ4n) is 3.92. The van der Waals surface area contributed by atoms with Crippen LogP contribution in [-0.2, 0) is 0 Å². The van der Waals surface area contributed by atoms with Crippen molar-refractivity contribution in [3.8, 4) is 0 Å². The van der Waals surface area contributed by atoms with E-state index in [-0.39, 0.29) is 5.91 Å². The molecule has 7 nitrogen and oxygen atoms in total. The van der Waals surface area contributed by atoms with Crippen molar-refractivity contribution < 1.29 is 9.21 Å². The first-order chi connectivity index (χ1) is 13.2. The Kier molecular flexibility index (Phi) is 7.15. The van der Waals surface area contributed by atoms with Gasteiger partial charge in [-0.1, -0.05) is 13.3 Å². The minimum atomic E-state index is -0.0299. The number of nitrogens with zero attached hydrogens (tertiary/aromatic N) is 4. The molecular weight excluding hydrogens is 342 g/mol. The van der Waals surface area contributed by atoms with E-state index >= 15 is 0 Å². The summed E-state index contributed by atoms with van der Waals surface area (Å²) in [6.45, 7) is 9.79. The van der Waals surface area contributed by atoms with E-state index < -0.39 is 0 Å². The van der Waals surface area contributed by atoms with Crippen molar-refractivity contribution in [2.75, 3.05) is 59.4 Å². The highest BCUT2D eigenvalue weighted by Crippen LogP contribution is 2.12. The Balaban J connectivity index is 1.41. The van der Waals surface area contributed by atoms with Gasteiger partial charge in [-0.15, -0.1) is 0 Å². The van der Waals surface area contributed by atoms with Crippen molar-refractivity contribution in [3.63, 3.8) is 0 Å². The van der Waals surface area contributed by atoms with E-state index in [1.165, 1.54) is 32.4 Å². The van der Waals surface area contributed by atoms with Gasteiger partial charge in [0.15, 0.2) is 11.7 Å². The Labute approximate surface area is 162 Å². The second-order valence-corrected chi connectivity index (χ2v) is 7.65. The Bertz CT molecular complexity index is 602. The fourth-order valence-corrected chi connectivity index (χ4v) is 3.92. The minimum Gasteiger partial charge on any atom is -0.459 e. The second-order valence-electron chi connectivity index (χ2n) is 7.65. The standard InChI is InChI=1S/C20H33N5O2/c1-17(16-23-8-4-3-5-9-23)15-22-20(21-2)25-12-10-24(11-13-25)19(26)18-7-6-14-27-18/h6-7,14,17H,3-5,8-13,15-16H2,1-2H3,(H,21,22). The van der Waals surface area contributed by atoms with Gasteiger partial charge in [-0.2, -0.15) is 0 Å². The molecule has 0 bridgehead atoms. The highest BCUT2D eigenvalue weighted by atomic mass is 16.3. The number of carbonyl (C=O) groups is 1. The van der Waals surface area contributed by atoms with E-state index in [4.69, 9.17) is 4.42 Å². The van der Waals surface area contributed by atoms with Crippen LogP contribution in [0, 0.1) is 5.92 Å². The van der Waals surface area contributed by atoms with Crippen LogP contribution >= 0.6 is 0 Å². The third-order valence-electron chi connectivity index (χ3n) is 5.44. The average molecular weight is 376 g/mol. The Morgan fingerprint density at radius 3 is 2.48 bits per heavy atom. The molecule has 1 unspecified atom stereocenters. The quantitative estimate of drug-likeness (QED) is 0.627. The van der Waals surface area contributed by atoms with E-state index in [0.29, 0.717) is 24.8 Å². The maximum Gasteiger partial charge on any atom is 0.289 e. The highest BCUT2D eigenvalue weighted by molar-refractivity contribution is 5.91. The summed E-state index contributed by atoms with van der Waals surface area (Å²) in [5.74, 6) is 1.91. The predicted octanol–water partition coefficient (Wildman–Crippen LogP) is 1.73. The van der Waals surface area contributed by atoms with Gasteiger partial charge in [0, 0.05) is 46.3 Å². The molecule has 150 valence electrons. The third kappa shape index (κ3) is 5.48. The van der Waals surface area contributed by atoms with Crippen LogP contribution in [0.4, 0.5) is 0 Å². The number of hydrogen-bond acceptors (Lipinski definition) is 4. The maximum atomic E-state index is 12.4. The zero-order chi connectivity index (χ0) is 19.1. The summed E-state index contributed by atoms with van der Waals surface area (Å²) in [6, 6.07) is 3.47. The molecule has 1 aromatic rings. The van der Waals surface area contributed by atoms with E-state index in [2.05, 4.69) is 27.0 Å². The summed E-state index contributed by atoms with van der Waals surface area (Å²) in [5.41, 5.74) is 0. The molecule has 1 amide bonds. The molecule has 27 heavy (non-hydrogen) atoms. The van der Waals surface area contributed by atoms with Crippen LogP contribution in [0.15, 0.2) is 27.8 Å². The highest BCUT2D eigenvalue weighted by Gasteiger charge is 2.25. The van der Waals surface area contributed by atoms with Gasteiger partial charge < -0.3 is 24.4 Å². The average Bonchev–Trinajstić information content (AvgIpc) is 3.24. The molecule has 0 spiro atoms. The molecule has 2 saturated heterocycles. The molecule has 2 aliphatic rings. The number of carbonyl (C=O) groups excluding carboxylic acids is 1. The monoisotopic (exact) mass is 375 g/mol. The second kappa shape index (κ2) is 9.78. The number of aliphatic imine (C=N–C) groups is 1. The molecule has 0 saturated carbocycles. The number of piperazine rings is 1. The number of furan rings is 1. The molecule has 0 aliphatic carbocycles. The van der Waals surface area contributed by atoms with Crippen LogP contribution in [0.3, 0.4) is 0 Å². The van der Waals surface area contributed by atoms with Crippen molar-refractivity contribution in [3.05, 3.63) is 24.2 Å². The molecule has 0 aromatic carbocycles. The molecule has 1 atom stereocenters. The molecule has 3 rings (SSSR count). The lowest BCUT2D eigenvalue weighted by molar-refractivity contribution is 0.0657. The lowest BCUT2D eigenvalue weighted by Crippen LogP contribution is -2.54. The van der Waals surface area contributed by atoms with Crippen molar-refractivity contribution >= 4 is 11.9 Å². The van der Waals surface area contributed by atoms with Crippen molar-refractivity contribution in [1.29, 1.82) is 0 Å². The lowest BCUT2D eigenvalue weighted by Gasteiger charge is -2.36. The van der Waals surface area contributed by atoms with Crippen LogP contribution < -0.4 is 5.32 Å². The SMILES string of the molecule is CN=C(NCC(C)CN1CCCCC1)N1CCN(C(=O)c2ccco2)CC1. The number of likely N-dealkylation sites (tertiary alicyclic amines) is 1. The van der Waals surface area contributed by atoms with E-state index in [9.17, 15) is 4.79 Å². The zero-order valence-corrected chi connectivity index (χ0v) is 16.7. The zero-order valence-electron chi connectivity index (χ0n) is 16.7. The van der Waals surface area contributed by atoms with E-state index in [1.54, 1.807) is 18.4 Å². The van der Waals surface area contributed by atoms with Crippen LogP contribution in [-0.4, -0.2) is 86.0 Å². The first-order valence-corrected chi connectivity index (χ1v) is 10.2. The van der Waals surface area contributed by atoms with Gasteiger partial charge in [-0.05, 0) is 44.0 Å². The van der Waals surface area contributed by atoms with Gasteiger partial charge in [0.25, 0.3) is 5.91 Å². The molecule has 1 N–H and O–H groups in total. The van der Waals surface area contributed by atoms with Gasteiger partial charge in [0.2, 0.25) is 0 Å². The summed E-state index contributed by atoms with van der Waals surface area (Å²) in [4.78, 5) is 23.5. The number of amides is 1. The number of nitrogens with one attached hydrogen (secondary N) is 1. The lowest BCUT2D eigenvalue weighted by atomic mass is 10.1. The predicted molar refractivity (Wildman–Crippen MR) is 107 cm³/mol. The first kappa shape index (κ1) is 19.7. The summed E-state index contributed by atoms with van der Waals surface area (Å²) in [7, 11) is 1.83. The van der Waals surface area contributed by atoms with Gasteiger partial charge in [0.05, 0.1) is 6.26 Å². The molecular formula is C20H33N5O2. The first-order valence-electron chi connectivity index (χ1n) is 10.2. The van der Waals surface area contributed by atoms with Crippen LogP contribution in [0.1, 0.15) is 36.7 Å². The number of guanidine groups is 1. The third-order valence-corrected chi connectivity index (χ3v) is 5.44. The number of rotatable bonds is 5. The smallest absolute Gasteiger partial charge is 0.289 e. The van der Waals surface area contributed by atoms with Gasteiger partial charge in [-0.3, -0.25) is 9.79 Å². The summed E-state index contributed by atoms with van der Waals surface area (Å²) in [5, 5.41) is 3.53. The van der Waals surface area contributed by atoms with Crippen LogP contribution in [0.2, 0.25) is 0 Å². The number of piperidine rings is 1. The topological polar surface area (TPSA) is 64.3 Å². The van der Waals surface area contributed by atoms with E-state index in [1.807, 2.05) is 11.9 Å². The van der Waals surface area contributed by atoms with Gasteiger partial charge in [-0.25, -0.2) is 0 Å². The van der Waals surface area contributed by atoms with Crippen LogP contribution in [0.5, 0.6) is 0 Å². The van der Waals surface area contributed by atoms with Crippen molar-refractivity contribution in [2.24, 2.45) is 10.9 Å². The molecule has 1 aromatic heterocycles. The Morgan fingerprint density at radius 2 is 1.85 bits per heavy atom. The van der Waals surface area contributed by atoms with Crippen molar-refractivity contribution in [1.82, 2.24) is 20.0 Å². The summed E-state index contributed by atoms with van der Waals surface area (Å²) in [6.07, 6.45) is 5.59. The Morgan fingerprint density at radius 1 is 1.15 bits per heavy atom. The maximum absolute atomic E-state index is 12.4. The summed E-state index contributed by atoms with van der Waals surface area (Å²) < 4.78 is 5.23. The number of hydrogen-bond donors (Lipinski definition) is 1. The molecule has 2 fully saturated rings. The minimum absolute atomic E-state index is 0.0299. The Hall–Kier alpha value is -2.02. The van der Waals surface area contributed by atoms with Gasteiger partial charge >= 0.3 is 0 Å². The van der Waals surface area contributed by atoms with E-state index in [0.717, 1.165) is 32.1 Å². The fraction of sp³-hybridized carbons (Fsp3) is 0.700. The van der Waals surface area contributed by atoms with Crippen molar-refractivity contribution in [2.45, 2.75) is 26.2 Å². The largest absolute Gasteiger partial charge is 0.459 e. The molecule has 2 aliphatic heterocycles. The van der Waals surface area contributed by atoms with Crippen LogP contribution in [0.25, 0.3) is 0 Å².